The predicted octanol–water partition coefficient (Wildman–Crippen LogP) is 2.08. The largest absolute Gasteiger partial charge is 0.345 e. The second-order valence-corrected chi connectivity index (χ2v) is 4.86. The van der Waals surface area contributed by atoms with Gasteiger partial charge >= 0.3 is 0 Å². The van der Waals surface area contributed by atoms with Gasteiger partial charge in [-0.05, 0) is 30.3 Å². The van der Waals surface area contributed by atoms with E-state index in [1.54, 1.807) is 38.4 Å². The Bertz CT molecular complexity index is 671. The highest BCUT2D eigenvalue weighted by Gasteiger charge is 2.11. The molecule has 0 aliphatic carbocycles. The molecule has 7 heteroatoms. The lowest BCUT2D eigenvalue weighted by Gasteiger charge is -2.11. The molecule has 2 rings (SSSR count). The first kappa shape index (κ1) is 14.9. The van der Waals surface area contributed by atoms with Crippen molar-refractivity contribution in [2.24, 2.45) is 0 Å². The van der Waals surface area contributed by atoms with Crippen molar-refractivity contribution in [2.75, 3.05) is 19.4 Å². The quantitative estimate of drug-likeness (QED) is 0.942. The average Bonchev–Trinajstić information content (AvgIpc) is 2.47. The van der Waals surface area contributed by atoms with Crippen LogP contribution in [0.4, 0.5) is 5.69 Å². The van der Waals surface area contributed by atoms with Crippen LogP contribution in [0.1, 0.15) is 20.8 Å². The third-order valence-electron chi connectivity index (χ3n) is 2.64. The molecule has 1 aromatic carbocycles. The van der Waals surface area contributed by atoms with Gasteiger partial charge in [-0.15, -0.1) is 10.2 Å². The van der Waals surface area contributed by atoms with Gasteiger partial charge in [0.1, 0.15) is 0 Å². The number of nitrogens with one attached hydrogen (secondary N) is 1. The Morgan fingerprint density at radius 1 is 1.14 bits per heavy atom. The van der Waals surface area contributed by atoms with Crippen LogP contribution < -0.4 is 5.32 Å². The lowest BCUT2D eigenvalue weighted by molar-refractivity contribution is 0.0827. The fourth-order valence-corrected chi connectivity index (χ4v) is 1.72. The van der Waals surface area contributed by atoms with Gasteiger partial charge in [0.15, 0.2) is 10.8 Å². The standard InChI is InChI=1S/C14H13ClN4O2/c1-19(2)14(21)9-4-3-5-10(8-9)16-13(20)11-6-7-12(15)18-17-11/h3-8H,1-2H3,(H,16,20). The summed E-state index contributed by atoms with van der Waals surface area (Å²) >= 11 is 5.61. The van der Waals surface area contributed by atoms with Crippen LogP contribution in [-0.4, -0.2) is 41.0 Å². The van der Waals surface area contributed by atoms with Gasteiger partial charge in [-0.25, -0.2) is 0 Å². The molecule has 1 N–H and O–H groups in total. The third kappa shape index (κ3) is 3.76. The number of amides is 2. The summed E-state index contributed by atoms with van der Waals surface area (Å²) in [4.78, 5) is 25.3. The minimum atomic E-state index is -0.423. The maximum absolute atomic E-state index is 12.0. The Kier molecular flexibility index (Phi) is 4.49. The van der Waals surface area contributed by atoms with Crippen molar-refractivity contribution in [1.29, 1.82) is 0 Å². The van der Waals surface area contributed by atoms with E-state index in [0.29, 0.717) is 11.3 Å². The third-order valence-corrected chi connectivity index (χ3v) is 2.84. The van der Waals surface area contributed by atoms with Gasteiger partial charge in [-0.2, -0.15) is 0 Å². The lowest BCUT2D eigenvalue weighted by atomic mass is 10.2. The molecule has 0 unspecified atom stereocenters. The van der Waals surface area contributed by atoms with E-state index in [-0.39, 0.29) is 16.8 Å². The fraction of sp³-hybridized carbons (Fsp3) is 0.143. The van der Waals surface area contributed by atoms with Crippen molar-refractivity contribution >= 4 is 29.1 Å². The van der Waals surface area contributed by atoms with Gasteiger partial charge in [-0.3, -0.25) is 9.59 Å². The minimum Gasteiger partial charge on any atom is -0.345 e. The SMILES string of the molecule is CN(C)C(=O)c1cccc(NC(=O)c2ccc(Cl)nn2)c1. The zero-order valence-corrected chi connectivity index (χ0v) is 12.3. The summed E-state index contributed by atoms with van der Waals surface area (Å²) in [6.45, 7) is 0. The maximum atomic E-state index is 12.0. The average molecular weight is 305 g/mol. The Labute approximate surface area is 126 Å². The van der Waals surface area contributed by atoms with Crippen LogP contribution in [0.2, 0.25) is 5.15 Å². The van der Waals surface area contributed by atoms with E-state index in [4.69, 9.17) is 11.6 Å². The van der Waals surface area contributed by atoms with Gasteiger partial charge in [0.05, 0.1) is 0 Å². The lowest BCUT2D eigenvalue weighted by Crippen LogP contribution is -2.22. The maximum Gasteiger partial charge on any atom is 0.276 e. The van der Waals surface area contributed by atoms with Crippen LogP contribution in [0, 0.1) is 0 Å². The topological polar surface area (TPSA) is 75.2 Å². The van der Waals surface area contributed by atoms with Crippen LogP contribution in [0.3, 0.4) is 0 Å². The van der Waals surface area contributed by atoms with Crippen molar-refractivity contribution < 1.29 is 9.59 Å². The number of aromatic nitrogens is 2. The number of benzene rings is 1. The van der Waals surface area contributed by atoms with E-state index in [2.05, 4.69) is 15.5 Å². The van der Waals surface area contributed by atoms with Gasteiger partial charge in [0.2, 0.25) is 0 Å². The first-order valence-electron chi connectivity index (χ1n) is 6.09. The molecular formula is C14H13ClN4O2. The summed E-state index contributed by atoms with van der Waals surface area (Å²) in [7, 11) is 3.33. The van der Waals surface area contributed by atoms with Crippen molar-refractivity contribution in [2.45, 2.75) is 0 Å². The molecule has 0 saturated heterocycles. The summed E-state index contributed by atoms with van der Waals surface area (Å²) in [6, 6.07) is 9.62. The number of anilines is 1. The van der Waals surface area contributed by atoms with Crippen molar-refractivity contribution in [1.82, 2.24) is 15.1 Å². The van der Waals surface area contributed by atoms with E-state index in [9.17, 15) is 9.59 Å². The summed E-state index contributed by atoms with van der Waals surface area (Å²) < 4.78 is 0. The molecule has 0 fully saturated rings. The van der Waals surface area contributed by atoms with E-state index < -0.39 is 5.91 Å². The van der Waals surface area contributed by atoms with Crippen molar-refractivity contribution in [3.8, 4) is 0 Å². The molecule has 1 heterocycles. The number of rotatable bonds is 3. The Morgan fingerprint density at radius 3 is 2.52 bits per heavy atom. The highest BCUT2D eigenvalue weighted by Crippen LogP contribution is 2.13. The molecule has 0 aliphatic heterocycles. The van der Waals surface area contributed by atoms with Gasteiger partial charge in [0.25, 0.3) is 11.8 Å². The van der Waals surface area contributed by atoms with Crippen LogP contribution in [-0.2, 0) is 0 Å². The van der Waals surface area contributed by atoms with E-state index in [1.807, 2.05) is 0 Å². The number of halogens is 1. The summed E-state index contributed by atoms with van der Waals surface area (Å²) in [5.74, 6) is -0.564. The molecule has 0 spiro atoms. The zero-order chi connectivity index (χ0) is 15.4. The van der Waals surface area contributed by atoms with E-state index in [1.165, 1.54) is 17.0 Å². The van der Waals surface area contributed by atoms with Crippen LogP contribution in [0.25, 0.3) is 0 Å². The molecular weight excluding hydrogens is 292 g/mol. The first-order chi connectivity index (χ1) is 9.97. The molecule has 0 radical (unpaired) electrons. The molecule has 6 nitrogen and oxygen atoms in total. The molecule has 108 valence electrons. The van der Waals surface area contributed by atoms with Crippen LogP contribution >= 0.6 is 11.6 Å². The summed E-state index contributed by atoms with van der Waals surface area (Å²) in [5, 5.41) is 10.2. The monoisotopic (exact) mass is 304 g/mol. The first-order valence-corrected chi connectivity index (χ1v) is 6.47. The summed E-state index contributed by atoms with van der Waals surface area (Å²) in [6.07, 6.45) is 0. The second-order valence-electron chi connectivity index (χ2n) is 4.48. The Hall–Kier alpha value is -2.47. The summed E-state index contributed by atoms with van der Waals surface area (Å²) in [5.41, 5.74) is 1.13. The highest BCUT2D eigenvalue weighted by atomic mass is 35.5. The molecule has 2 aromatic rings. The second kappa shape index (κ2) is 6.32. The van der Waals surface area contributed by atoms with E-state index in [0.717, 1.165) is 0 Å². The number of carbonyl (C=O) groups excluding carboxylic acids is 2. The van der Waals surface area contributed by atoms with Gasteiger partial charge in [-0.1, -0.05) is 17.7 Å². The minimum absolute atomic E-state index is 0.141. The number of carbonyl (C=O) groups is 2. The molecule has 0 saturated carbocycles. The smallest absolute Gasteiger partial charge is 0.276 e. The molecule has 2 amide bonds. The van der Waals surface area contributed by atoms with E-state index >= 15 is 0 Å². The number of hydrogen-bond donors (Lipinski definition) is 1. The molecule has 0 atom stereocenters. The normalized spacial score (nSPS) is 10.0. The van der Waals surface area contributed by atoms with Gasteiger partial charge in [0, 0.05) is 25.3 Å². The Morgan fingerprint density at radius 2 is 1.90 bits per heavy atom. The van der Waals surface area contributed by atoms with Crippen LogP contribution in [0.15, 0.2) is 36.4 Å². The molecule has 1 aromatic heterocycles. The zero-order valence-electron chi connectivity index (χ0n) is 11.5. The van der Waals surface area contributed by atoms with Crippen molar-refractivity contribution in [3.05, 3.63) is 52.8 Å². The van der Waals surface area contributed by atoms with Crippen molar-refractivity contribution in [3.63, 3.8) is 0 Å². The number of nitrogens with zero attached hydrogens (tertiary/aromatic N) is 3. The highest BCUT2D eigenvalue weighted by molar-refractivity contribution is 6.29. The molecule has 21 heavy (non-hydrogen) atoms. The Balaban J connectivity index is 2.16. The fourth-order valence-electron chi connectivity index (χ4n) is 1.62. The van der Waals surface area contributed by atoms with Crippen LogP contribution in [0.5, 0.6) is 0 Å². The number of hydrogen-bond acceptors (Lipinski definition) is 4. The molecule has 0 bridgehead atoms. The predicted molar refractivity (Wildman–Crippen MR) is 79.5 cm³/mol. The van der Waals surface area contributed by atoms with Gasteiger partial charge < -0.3 is 10.2 Å². The molecule has 0 aliphatic rings.